The van der Waals surface area contributed by atoms with Crippen LogP contribution in [0.15, 0.2) is 24.3 Å². The van der Waals surface area contributed by atoms with Crippen molar-refractivity contribution in [3.05, 3.63) is 35.4 Å². The summed E-state index contributed by atoms with van der Waals surface area (Å²) < 4.78 is 0. The van der Waals surface area contributed by atoms with Crippen LogP contribution in [0.5, 0.6) is 0 Å². The maximum absolute atomic E-state index is 12.0. The van der Waals surface area contributed by atoms with Crippen LogP contribution in [0.25, 0.3) is 0 Å². The summed E-state index contributed by atoms with van der Waals surface area (Å²) in [7, 11) is 0. The number of imide groups is 1. The highest BCUT2D eigenvalue weighted by atomic mass is 16.7. The van der Waals surface area contributed by atoms with E-state index in [0.29, 0.717) is 10.6 Å². The molecule has 1 aromatic carbocycles. The van der Waals surface area contributed by atoms with E-state index in [1.165, 1.54) is 37.7 Å². The summed E-state index contributed by atoms with van der Waals surface area (Å²) in [6.45, 7) is 2.21. The molecular formula is C19H25NO4. The molecule has 0 saturated carbocycles. The molecule has 5 nitrogen and oxygen atoms in total. The molecule has 0 unspecified atom stereocenters. The number of hydrogen-bond donors (Lipinski definition) is 0. The zero-order valence-corrected chi connectivity index (χ0v) is 14.3. The first-order valence-corrected chi connectivity index (χ1v) is 8.79. The van der Waals surface area contributed by atoms with Crippen molar-refractivity contribution in [3.8, 4) is 0 Å². The van der Waals surface area contributed by atoms with Gasteiger partial charge in [-0.2, -0.15) is 0 Å². The van der Waals surface area contributed by atoms with Crippen molar-refractivity contribution in [1.82, 2.24) is 5.06 Å². The minimum atomic E-state index is -0.676. The van der Waals surface area contributed by atoms with Gasteiger partial charge >= 0.3 is 5.97 Å². The number of nitrogens with zero attached hydrogens (tertiary/aromatic N) is 1. The zero-order chi connectivity index (χ0) is 17.4. The van der Waals surface area contributed by atoms with Crippen molar-refractivity contribution in [3.63, 3.8) is 0 Å². The third-order valence-electron chi connectivity index (χ3n) is 4.19. The van der Waals surface area contributed by atoms with Gasteiger partial charge in [-0.3, -0.25) is 9.59 Å². The highest BCUT2D eigenvalue weighted by molar-refractivity contribution is 6.02. The molecule has 24 heavy (non-hydrogen) atoms. The minimum absolute atomic E-state index is 0.101. The predicted octanol–water partition coefficient (Wildman–Crippen LogP) is 3.81. The van der Waals surface area contributed by atoms with Crippen molar-refractivity contribution in [2.24, 2.45) is 0 Å². The molecule has 1 fully saturated rings. The van der Waals surface area contributed by atoms with Crippen molar-refractivity contribution in [1.29, 1.82) is 0 Å². The number of hydrogen-bond acceptors (Lipinski definition) is 4. The van der Waals surface area contributed by atoms with E-state index in [1.807, 2.05) is 12.1 Å². The second-order valence-corrected chi connectivity index (χ2v) is 6.18. The Hall–Kier alpha value is -2.17. The second kappa shape index (κ2) is 9.21. The van der Waals surface area contributed by atoms with E-state index in [4.69, 9.17) is 4.84 Å². The van der Waals surface area contributed by atoms with Crippen LogP contribution in [0, 0.1) is 0 Å². The Labute approximate surface area is 142 Å². The van der Waals surface area contributed by atoms with E-state index in [9.17, 15) is 14.4 Å². The smallest absolute Gasteiger partial charge is 0.325 e. The van der Waals surface area contributed by atoms with Crippen LogP contribution < -0.4 is 0 Å². The molecule has 130 valence electrons. The van der Waals surface area contributed by atoms with E-state index < -0.39 is 17.8 Å². The lowest BCUT2D eigenvalue weighted by Crippen LogP contribution is -2.32. The number of carbonyl (C=O) groups excluding carboxylic acids is 3. The van der Waals surface area contributed by atoms with Gasteiger partial charge in [0, 0.05) is 12.8 Å². The van der Waals surface area contributed by atoms with Gasteiger partial charge in [-0.1, -0.05) is 51.2 Å². The van der Waals surface area contributed by atoms with Crippen molar-refractivity contribution in [2.75, 3.05) is 0 Å². The van der Waals surface area contributed by atoms with Crippen molar-refractivity contribution in [2.45, 2.75) is 64.7 Å². The number of rotatable bonds is 9. The first-order chi connectivity index (χ1) is 11.6. The monoisotopic (exact) mass is 331 g/mol. The Morgan fingerprint density at radius 2 is 1.54 bits per heavy atom. The van der Waals surface area contributed by atoms with Gasteiger partial charge in [-0.25, -0.2) is 4.79 Å². The maximum atomic E-state index is 12.0. The van der Waals surface area contributed by atoms with E-state index >= 15 is 0 Å². The highest BCUT2D eigenvalue weighted by Crippen LogP contribution is 2.15. The van der Waals surface area contributed by atoms with E-state index in [-0.39, 0.29) is 12.8 Å². The molecule has 2 rings (SSSR count). The summed E-state index contributed by atoms with van der Waals surface area (Å²) in [5, 5.41) is 0.576. The number of hydroxylamine groups is 2. The average Bonchev–Trinajstić information content (AvgIpc) is 2.90. The number of aryl methyl sites for hydroxylation is 1. The molecule has 1 heterocycles. The molecule has 0 aliphatic carbocycles. The second-order valence-electron chi connectivity index (χ2n) is 6.18. The lowest BCUT2D eigenvalue weighted by molar-refractivity contribution is -0.172. The molecular weight excluding hydrogens is 306 g/mol. The number of benzene rings is 1. The SMILES string of the molecule is CCCCCCCCc1ccc(C(=O)ON2C(=O)CCC2=O)cc1. The molecule has 1 saturated heterocycles. The van der Waals surface area contributed by atoms with Crippen LogP contribution in [-0.2, 0) is 20.8 Å². The molecule has 1 aliphatic heterocycles. The van der Waals surface area contributed by atoms with Crippen LogP contribution >= 0.6 is 0 Å². The van der Waals surface area contributed by atoms with E-state index in [2.05, 4.69) is 6.92 Å². The summed E-state index contributed by atoms with van der Waals surface area (Å²) in [4.78, 5) is 39.8. The first-order valence-electron chi connectivity index (χ1n) is 8.79. The fourth-order valence-electron chi connectivity index (χ4n) is 2.71. The fraction of sp³-hybridized carbons (Fsp3) is 0.526. The van der Waals surface area contributed by atoms with Gasteiger partial charge < -0.3 is 4.84 Å². The molecule has 0 aromatic heterocycles. The van der Waals surface area contributed by atoms with E-state index in [1.54, 1.807) is 12.1 Å². The Bertz CT molecular complexity index is 564. The highest BCUT2D eigenvalue weighted by Gasteiger charge is 2.33. The predicted molar refractivity (Wildman–Crippen MR) is 90.0 cm³/mol. The Morgan fingerprint density at radius 3 is 2.17 bits per heavy atom. The topological polar surface area (TPSA) is 63.7 Å². The zero-order valence-electron chi connectivity index (χ0n) is 14.3. The number of carbonyl (C=O) groups is 3. The molecule has 2 amide bonds. The fourth-order valence-corrected chi connectivity index (χ4v) is 2.71. The number of amides is 2. The number of unbranched alkanes of at least 4 members (excludes halogenated alkanes) is 5. The van der Waals surface area contributed by atoms with Gasteiger partial charge in [0.25, 0.3) is 11.8 Å². The molecule has 5 heteroatoms. The summed E-state index contributed by atoms with van der Waals surface area (Å²) in [6.07, 6.45) is 8.70. The van der Waals surface area contributed by atoms with Crippen LogP contribution in [-0.4, -0.2) is 22.8 Å². The van der Waals surface area contributed by atoms with Crippen LogP contribution in [0.3, 0.4) is 0 Å². The molecule has 1 aliphatic rings. The van der Waals surface area contributed by atoms with Gasteiger partial charge in [0.2, 0.25) is 0 Å². The van der Waals surface area contributed by atoms with Crippen molar-refractivity contribution >= 4 is 17.8 Å². The first kappa shape index (κ1) is 18.2. The van der Waals surface area contributed by atoms with Gasteiger partial charge in [0.05, 0.1) is 5.56 Å². The normalized spacial score (nSPS) is 14.3. The van der Waals surface area contributed by atoms with Crippen LogP contribution in [0.1, 0.15) is 74.2 Å². The minimum Gasteiger partial charge on any atom is -0.325 e. The molecule has 0 bridgehead atoms. The average molecular weight is 331 g/mol. The molecule has 1 aromatic rings. The van der Waals surface area contributed by atoms with Crippen LogP contribution in [0.4, 0.5) is 0 Å². The lowest BCUT2D eigenvalue weighted by atomic mass is 10.0. The summed E-state index contributed by atoms with van der Waals surface area (Å²) in [5.41, 5.74) is 1.52. The summed E-state index contributed by atoms with van der Waals surface area (Å²) >= 11 is 0. The Kier molecular flexibility index (Phi) is 6.97. The van der Waals surface area contributed by atoms with E-state index in [0.717, 1.165) is 12.8 Å². The van der Waals surface area contributed by atoms with Gasteiger partial charge in [-0.05, 0) is 30.5 Å². The molecule has 0 atom stereocenters. The largest absolute Gasteiger partial charge is 0.363 e. The molecule has 0 radical (unpaired) electrons. The summed E-state index contributed by atoms with van der Waals surface area (Å²) in [6, 6.07) is 7.16. The third kappa shape index (κ3) is 5.18. The van der Waals surface area contributed by atoms with Crippen LogP contribution in [0.2, 0.25) is 0 Å². The third-order valence-corrected chi connectivity index (χ3v) is 4.19. The quantitative estimate of drug-likeness (QED) is 0.510. The maximum Gasteiger partial charge on any atom is 0.363 e. The van der Waals surface area contributed by atoms with Crippen molar-refractivity contribution < 1.29 is 19.2 Å². The standard InChI is InChI=1S/C19H25NO4/c1-2-3-4-5-6-7-8-15-9-11-16(12-10-15)19(23)24-20-17(21)13-14-18(20)22/h9-12H,2-8,13-14H2,1H3. The molecule has 0 N–H and O–H groups in total. The van der Waals surface area contributed by atoms with Gasteiger partial charge in [0.1, 0.15) is 0 Å². The Balaban J connectivity index is 1.77. The lowest BCUT2D eigenvalue weighted by Gasteiger charge is -2.12. The molecule has 0 spiro atoms. The summed E-state index contributed by atoms with van der Waals surface area (Å²) in [5.74, 6) is -1.61. The Morgan fingerprint density at radius 1 is 0.958 bits per heavy atom. The van der Waals surface area contributed by atoms with Gasteiger partial charge in [-0.15, -0.1) is 5.06 Å². The van der Waals surface area contributed by atoms with Gasteiger partial charge in [0.15, 0.2) is 0 Å².